The molecule has 16 heavy (non-hydrogen) atoms. The van der Waals surface area contributed by atoms with Crippen LogP contribution in [0.15, 0.2) is 18.2 Å². The summed E-state index contributed by atoms with van der Waals surface area (Å²) >= 11 is 0. The average Bonchev–Trinajstić information content (AvgIpc) is 2.72. The molecule has 1 N–H and O–H groups in total. The SMILES string of the molecule is CCCC(C(=O)O)c1ccc2c(c1)CCC2. The molecule has 1 aliphatic rings. The van der Waals surface area contributed by atoms with Crippen LogP contribution >= 0.6 is 0 Å². The highest BCUT2D eigenvalue weighted by atomic mass is 16.4. The van der Waals surface area contributed by atoms with Crippen LogP contribution < -0.4 is 0 Å². The van der Waals surface area contributed by atoms with Gasteiger partial charge in [-0.05, 0) is 42.4 Å². The zero-order valence-electron chi connectivity index (χ0n) is 9.70. The van der Waals surface area contributed by atoms with E-state index >= 15 is 0 Å². The molecule has 0 saturated carbocycles. The summed E-state index contributed by atoms with van der Waals surface area (Å²) in [5.74, 6) is -1.02. The van der Waals surface area contributed by atoms with Gasteiger partial charge in [0.1, 0.15) is 0 Å². The van der Waals surface area contributed by atoms with Crippen molar-refractivity contribution in [3.63, 3.8) is 0 Å². The van der Waals surface area contributed by atoms with E-state index in [2.05, 4.69) is 12.1 Å². The Morgan fingerprint density at radius 3 is 2.81 bits per heavy atom. The lowest BCUT2D eigenvalue weighted by Crippen LogP contribution is -2.11. The van der Waals surface area contributed by atoms with Gasteiger partial charge in [0, 0.05) is 0 Å². The molecule has 0 spiro atoms. The number of carbonyl (C=O) groups is 1. The van der Waals surface area contributed by atoms with Crippen molar-refractivity contribution in [3.05, 3.63) is 34.9 Å². The standard InChI is InChI=1S/C14H18O2/c1-2-4-13(14(15)16)12-8-7-10-5-3-6-11(10)9-12/h7-9,13H,2-6H2,1H3,(H,15,16). The van der Waals surface area contributed by atoms with Crippen LogP contribution in [0.1, 0.15) is 48.8 Å². The first-order valence-electron chi connectivity index (χ1n) is 6.07. The highest BCUT2D eigenvalue weighted by Crippen LogP contribution is 2.28. The molecule has 1 atom stereocenters. The van der Waals surface area contributed by atoms with Crippen molar-refractivity contribution >= 4 is 5.97 Å². The van der Waals surface area contributed by atoms with Gasteiger partial charge in [-0.1, -0.05) is 31.5 Å². The van der Waals surface area contributed by atoms with E-state index < -0.39 is 5.97 Å². The van der Waals surface area contributed by atoms with Crippen molar-refractivity contribution in [1.29, 1.82) is 0 Å². The van der Waals surface area contributed by atoms with Gasteiger partial charge in [0.05, 0.1) is 5.92 Å². The second kappa shape index (κ2) is 4.69. The lowest BCUT2D eigenvalue weighted by atomic mass is 9.92. The van der Waals surface area contributed by atoms with Crippen molar-refractivity contribution in [2.45, 2.75) is 44.9 Å². The predicted molar refractivity (Wildman–Crippen MR) is 63.8 cm³/mol. The number of rotatable bonds is 4. The van der Waals surface area contributed by atoms with Crippen LogP contribution in [0.25, 0.3) is 0 Å². The maximum atomic E-state index is 11.2. The van der Waals surface area contributed by atoms with Crippen molar-refractivity contribution < 1.29 is 9.90 Å². The van der Waals surface area contributed by atoms with Gasteiger partial charge in [-0.15, -0.1) is 0 Å². The van der Waals surface area contributed by atoms with Crippen LogP contribution in [0.5, 0.6) is 0 Å². The molecule has 0 aromatic heterocycles. The molecular weight excluding hydrogens is 200 g/mol. The molecule has 0 amide bonds. The minimum atomic E-state index is -0.695. The van der Waals surface area contributed by atoms with E-state index in [0.29, 0.717) is 0 Å². The van der Waals surface area contributed by atoms with Crippen LogP contribution in [0, 0.1) is 0 Å². The largest absolute Gasteiger partial charge is 0.481 e. The van der Waals surface area contributed by atoms with E-state index in [1.165, 1.54) is 17.5 Å². The third-order valence-corrected chi connectivity index (χ3v) is 3.40. The molecule has 1 aromatic carbocycles. The number of benzene rings is 1. The van der Waals surface area contributed by atoms with Crippen molar-refractivity contribution in [2.75, 3.05) is 0 Å². The van der Waals surface area contributed by atoms with Gasteiger partial charge < -0.3 is 5.11 Å². The van der Waals surface area contributed by atoms with Crippen LogP contribution in [0.2, 0.25) is 0 Å². The summed E-state index contributed by atoms with van der Waals surface area (Å²) in [5, 5.41) is 9.21. The molecule has 0 radical (unpaired) electrons. The van der Waals surface area contributed by atoms with Gasteiger partial charge >= 0.3 is 5.97 Å². The number of carboxylic acids is 1. The molecule has 2 rings (SSSR count). The Morgan fingerprint density at radius 1 is 1.38 bits per heavy atom. The lowest BCUT2D eigenvalue weighted by Gasteiger charge is -2.13. The number of carboxylic acid groups (broad SMARTS) is 1. The lowest BCUT2D eigenvalue weighted by molar-refractivity contribution is -0.139. The van der Waals surface area contributed by atoms with Gasteiger partial charge in [-0.3, -0.25) is 4.79 Å². The monoisotopic (exact) mass is 218 g/mol. The van der Waals surface area contributed by atoms with Crippen molar-refractivity contribution in [3.8, 4) is 0 Å². The first kappa shape index (κ1) is 11.2. The normalized spacial score (nSPS) is 15.8. The summed E-state index contributed by atoms with van der Waals surface area (Å²) < 4.78 is 0. The van der Waals surface area contributed by atoms with Gasteiger partial charge in [0.25, 0.3) is 0 Å². The second-order valence-electron chi connectivity index (χ2n) is 4.56. The van der Waals surface area contributed by atoms with E-state index in [4.69, 9.17) is 0 Å². The van der Waals surface area contributed by atoms with Crippen LogP contribution in [0.3, 0.4) is 0 Å². The maximum absolute atomic E-state index is 11.2. The van der Waals surface area contributed by atoms with Crippen LogP contribution in [-0.4, -0.2) is 11.1 Å². The zero-order valence-corrected chi connectivity index (χ0v) is 9.70. The topological polar surface area (TPSA) is 37.3 Å². The summed E-state index contributed by atoms with van der Waals surface area (Å²) in [6, 6.07) is 6.22. The molecule has 2 heteroatoms. The third kappa shape index (κ3) is 2.11. The summed E-state index contributed by atoms with van der Waals surface area (Å²) in [5.41, 5.74) is 3.75. The van der Waals surface area contributed by atoms with Crippen LogP contribution in [-0.2, 0) is 17.6 Å². The first-order chi connectivity index (χ1) is 7.72. The Kier molecular flexibility index (Phi) is 3.28. The Balaban J connectivity index is 2.28. The summed E-state index contributed by atoms with van der Waals surface area (Å²) in [7, 11) is 0. The van der Waals surface area contributed by atoms with Gasteiger partial charge in [-0.25, -0.2) is 0 Å². The van der Waals surface area contributed by atoms with E-state index in [1.807, 2.05) is 13.0 Å². The predicted octanol–water partition coefficient (Wildman–Crippen LogP) is 3.14. The Morgan fingerprint density at radius 2 is 2.12 bits per heavy atom. The highest BCUT2D eigenvalue weighted by Gasteiger charge is 2.20. The van der Waals surface area contributed by atoms with Crippen LogP contribution in [0.4, 0.5) is 0 Å². The fourth-order valence-electron chi connectivity index (χ4n) is 2.53. The smallest absolute Gasteiger partial charge is 0.310 e. The highest BCUT2D eigenvalue weighted by molar-refractivity contribution is 5.76. The number of aliphatic carboxylic acids is 1. The molecule has 86 valence electrons. The molecule has 1 aromatic rings. The molecule has 0 heterocycles. The van der Waals surface area contributed by atoms with E-state index in [9.17, 15) is 9.90 Å². The quantitative estimate of drug-likeness (QED) is 0.843. The number of hydrogen-bond acceptors (Lipinski definition) is 1. The number of fused-ring (bicyclic) bond motifs is 1. The van der Waals surface area contributed by atoms with Gasteiger partial charge in [-0.2, -0.15) is 0 Å². The van der Waals surface area contributed by atoms with E-state index in [1.54, 1.807) is 0 Å². The molecule has 1 unspecified atom stereocenters. The second-order valence-corrected chi connectivity index (χ2v) is 4.56. The number of aryl methyl sites for hydroxylation is 2. The molecule has 0 aliphatic heterocycles. The molecule has 0 fully saturated rings. The minimum Gasteiger partial charge on any atom is -0.481 e. The Hall–Kier alpha value is -1.31. The molecular formula is C14H18O2. The molecule has 0 saturated heterocycles. The minimum absolute atomic E-state index is 0.323. The van der Waals surface area contributed by atoms with Gasteiger partial charge in [0.2, 0.25) is 0 Å². The average molecular weight is 218 g/mol. The van der Waals surface area contributed by atoms with Crippen molar-refractivity contribution in [1.82, 2.24) is 0 Å². The zero-order chi connectivity index (χ0) is 11.5. The molecule has 0 bridgehead atoms. The van der Waals surface area contributed by atoms with E-state index in [-0.39, 0.29) is 5.92 Å². The summed E-state index contributed by atoms with van der Waals surface area (Å²) in [6.45, 7) is 2.03. The summed E-state index contributed by atoms with van der Waals surface area (Å²) in [4.78, 5) is 11.2. The fraction of sp³-hybridized carbons (Fsp3) is 0.500. The molecule has 1 aliphatic carbocycles. The fourth-order valence-corrected chi connectivity index (χ4v) is 2.53. The first-order valence-corrected chi connectivity index (χ1v) is 6.07. The van der Waals surface area contributed by atoms with Crippen molar-refractivity contribution in [2.24, 2.45) is 0 Å². The summed E-state index contributed by atoms with van der Waals surface area (Å²) in [6.07, 6.45) is 5.12. The molecule has 2 nitrogen and oxygen atoms in total. The number of hydrogen-bond donors (Lipinski definition) is 1. The van der Waals surface area contributed by atoms with Gasteiger partial charge in [0.15, 0.2) is 0 Å². The maximum Gasteiger partial charge on any atom is 0.310 e. The Bertz CT molecular complexity index is 396. The Labute approximate surface area is 96.3 Å². The third-order valence-electron chi connectivity index (χ3n) is 3.40. The van der Waals surface area contributed by atoms with E-state index in [0.717, 1.165) is 31.2 Å².